The largest absolute Gasteiger partial charge is 0.493 e. The van der Waals surface area contributed by atoms with E-state index in [1.54, 1.807) is 20.5 Å². The second-order valence-corrected chi connectivity index (χ2v) is 6.63. The van der Waals surface area contributed by atoms with Crippen molar-refractivity contribution in [3.63, 3.8) is 0 Å². The van der Waals surface area contributed by atoms with Crippen molar-refractivity contribution in [1.82, 2.24) is 9.55 Å². The van der Waals surface area contributed by atoms with E-state index in [0.29, 0.717) is 29.5 Å². The number of furan rings is 1. The average Bonchev–Trinajstić information content (AvgIpc) is 3.31. The Morgan fingerprint density at radius 3 is 2.63 bits per heavy atom. The first-order valence-electron chi connectivity index (χ1n) is 8.56. The summed E-state index contributed by atoms with van der Waals surface area (Å²) >= 11 is 6.22. The fraction of sp³-hybridized carbons (Fsp3) is 0.190. The lowest BCUT2D eigenvalue weighted by Crippen LogP contribution is -2.05. The predicted octanol–water partition coefficient (Wildman–Crippen LogP) is 4.94. The predicted molar refractivity (Wildman–Crippen MR) is 105 cm³/mol. The van der Waals surface area contributed by atoms with Gasteiger partial charge in [0.15, 0.2) is 11.5 Å². The highest BCUT2D eigenvalue weighted by Crippen LogP contribution is 2.29. The van der Waals surface area contributed by atoms with Crippen molar-refractivity contribution in [2.45, 2.75) is 13.0 Å². The van der Waals surface area contributed by atoms with E-state index in [2.05, 4.69) is 4.57 Å². The fourth-order valence-corrected chi connectivity index (χ4v) is 3.36. The Kier molecular flexibility index (Phi) is 4.77. The zero-order chi connectivity index (χ0) is 18.8. The number of rotatable bonds is 6. The first kappa shape index (κ1) is 17.5. The van der Waals surface area contributed by atoms with Crippen LogP contribution in [-0.2, 0) is 13.0 Å². The van der Waals surface area contributed by atoms with Crippen LogP contribution in [0, 0.1) is 0 Å². The van der Waals surface area contributed by atoms with Crippen LogP contribution in [0.4, 0.5) is 0 Å². The van der Waals surface area contributed by atoms with E-state index in [1.807, 2.05) is 48.5 Å². The number of halogens is 1. The highest BCUT2D eigenvalue weighted by atomic mass is 35.5. The Morgan fingerprint density at radius 1 is 1.04 bits per heavy atom. The summed E-state index contributed by atoms with van der Waals surface area (Å²) in [6.07, 6.45) is 2.32. The molecule has 27 heavy (non-hydrogen) atoms. The van der Waals surface area contributed by atoms with Gasteiger partial charge in [-0.1, -0.05) is 17.7 Å². The molecule has 0 spiro atoms. The van der Waals surface area contributed by atoms with Gasteiger partial charge in [-0.25, -0.2) is 4.98 Å². The molecule has 2 heterocycles. The third-order valence-corrected chi connectivity index (χ3v) is 4.73. The molecule has 0 aliphatic carbocycles. The number of benzene rings is 2. The van der Waals surface area contributed by atoms with Crippen LogP contribution in [0.2, 0.25) is 5.02 Å². The van der Waals surface area contributed by atoms with E-state index in [9.17, 15) is 0 Å². The fourth-order valence-electron chi connectivity index (χ4n) is 3.19. The van der Waals surface area contributed by atoms with Crippen molar-refractivity contribution in [3.8, 4) is 11.5 Å². The monoisotopic (exact) mass is 382 g/mol. The van der Waals surface area contributed by atoms with E-state index in [-0.39, 0.29) is 0 Å². The van der Waals surface area contributed by atoms with Gasteiger partial charge in [0.05, 0.1) is 38.1 Å². The number of hydrogen-bond donors (Lipinski definition) is 0. The lowest BCUT2D eigenvalue weighted by atomic mass is 10.1. The Morgan fingerprint density at radius 2 is 1.89 bits per heavy atom. The topological polar surface area (TPSA) is 49.4 Å². The molecule has 0 radical (unpaired) electrons. The number of aromatic nitrogens is 2. The van der Waals surface area contributed by atoms with Gasteiger partial charge >= 0.3 is 0 Å². The van der Waals surface area contributed by atoms with E-state index in [0.717, 1.165) is 28.2 Å². The summed E-state index contributed by atoms with van der Waals surface area (Å²) in [6.45, 7) is 0.590. The van der Waals surface area contributed by atoms with Crippen LogP contribution in [0.5, 0.6) is 11.5 Å². The van der Waals surface area contributed by atoms with E-state index < -0.39 is 0 Å². The van der Waals surface area contributed by atoms with Gasteiger partial charge in [-0.2, -0.15) is 0 Å². The van der Waals surface area contributed by atoms with Gasteiger partial charge in [0, 0.05) is 11.4 Å². The quantitative estimate of drug-likeness (QED) is 0.474. The van der Waals surface area contributed by atoms with Crippen LogP contribution in [-0.4, -0.2) is 23.8 Å². The minimum absolute atomic E-state index is 0.590. The highest BCUT2D eigenvalue weighted by molar-refractivity contribution is 6.31. The standard InChI is InChI=1S/C21H19ClN2O3/c1-25-19-8-5-14(10-20(19)26-2)11-21-23-17-7-6-15(22)12-18(17)24(21)13-16-4-3-9-27-16/h3-10,12H,11,13H2,1-2H3. The van der Waals surface area contributed by atoms with Gasteiger partial charge in [0.25, 0.3) is 0 Å². The number of methoxy groups -OCH3 is 2. The molecular formula is C21H19ClN2O3. The van der Waals surface area contributed by atoms with Crippen molar-refractivity contribution < 1.29 is 13.9 Å². The maximum Gasteiger partial charge on any atom is 0.161 e. The van der Waals surface area contributed by atoms with Crippen LogP contribution in [0.3, 0.4) is 0 Å². The average molecular weight is 383 g/mol. The second kappa shape index (κ2) is 7.37. The highest BCUT2D eigenvalue weighted by Gasteiger charge is 2.14. The number of fused-ring (bicyclic) bond motifs is 1. The minimum Gasteiger partial charge on any atom is -0.493 e. The minimum atomic E-state index is 0.590. The Labute approximate surface area is 162 Å². The molecule has 0 aliphatic heterocycles. The first-order valence-corrected chi connectivity index (χ1v) is 8.93. The molecule has 2 aromatic heterocycles. The Bertz CT molecular complexity index is 1070. The molecule has 0 bridgehead atoms. The van der Waals surface area contributed by atoms with Crippen LogP contribution in [0.1, 0.15) is 17.1 Å². The Balaban J connectivity index is 1.76. The van der Waals surface area contributed by atoms with Crippen molar-refractivity contribution in [2.75, 3.05) is 14.2 Å². The van der Waals surface area contributed by atoms with Crippen molar-refractivity contribution in [1.29, 1.82) is 0 Å². The zero-order valence-electron chi connectivity index (χ0n) is 15.1. The lowest BCUT2D eigenvalue weighted by molar-refractivity contribution is 0.354. The number of imidazole rings is 1. The van der Waals surface area contributed by atoms with Crippen molar-refractivity contribution >= 4 is 22.6 Å². The van der Waals surface area contributed by atoms with E-state index in [1.165, 1.54) is 0 Å². The third-order valence-electron chi connectivity index (χ3n) is 4.49. The molecule has 5 nitrogen and oxygen atoms in total. The molecule has 2 aromatic carbocycles. The molecule has 138 valence electrons. The van der Waals surface area contributed by atoms with E-state index >= 15 is 0 Å². The molecule has 0 aliphatic rings. The number of hydrogen-bond acceptors (Lipinski definition) is 4. The SMILES string of the molecule is COc1ccc(Cc2nc3ccc(Cl)cc3n2Cc2ccco2)cc1OC. The van der Waals surface area contributed by atoms with Crippen molar-refractivity contribution in [3.05, 3.63) is 77.0 Å². The summed E-state index contributed by atoms with van der Waals surface area (Å²) in [4.78, 5) is 4.82. The van der Waals surface area contributed by atoms with Crippen LogP contribution < -0.4 is 9.47 Å². The van der Waals surface area contributed by atoms with Crippen molar-refractivity contribution in [2.24, 2.45) is 0 Å². The van der Waals surface area contributed by atoms with Gasteiger partial charge in [0.2, 0.25) is 0 Å². The zero-order valence-corrected chi connectivity index (χ0v) is 15.9. The number of ether oxygens (including phenoxy) is 2. The maximum atomic E-state index is 6.22. The summed E-state index contributed by atoms with van der Waals surface area (Å²) in [7, 11) is 3.26. The molecule has 0 amide bonds. The normalized spacial score (nSPS) is 11.1. The van der Waals surface area contributed by atoms with Crippen LogP contribution in [0.15, 0.2) is 59.2 Å². The first-order chi connectivity index (χ1) is 13.2. The molecule has 4 aromatic rings. The van der Waals surface area contributed by atoms with Crippen LogP contribution in [0.25, 0.3) is 11.0 Å². The molecule has 0 atom stereocenters. The van der Waals surface area contributed by atoms with Gasteiger partial charge in [-0.15, -0.1) is 0 Å². The summed E-state index contributed by atoms with van der Waals surface area (Å²) in [6, 6.07) is 15.5. The summed E-state index contributed by atoms with van der Waals surface area (Å²) in [5.41, 5.74) is 2.96. The van der Waals surface area contributed by atoms with E-state index in [4.69, 9.17) is 30.5 Å². The van der Waals surface area contributed by atoms with Gasteiger partial charge in [-0.3, -0.25) is 0 Å². The Hall–Kier alpha value is -2.92. The molecule has 0 N–H and O–H groups in total. The third kappa shape index (κ3) is 3.51. The molecule has 4 rings (SSSR count). The number of nitrogens with zero attached hydrogens (tertiary/aromatic N) is 2. The smallest absolute Gasteiger partial charge is 0.161 e. The van der Waals surface area contributed by atoms with Gasteiger partial charge < -0.3 is 18.5 Å². The maximum absolute atomic E-state index is 6.22. The lowest BCUT2D eigenvalue weighted by Gasteiger charge is -2.11. The molecular weight excluding hydrogens is 364 g/mol. The van der Waals surface area contributed by atoms with Crippen LogP contribution >= 0.6 is 11.6 Å². The molecule has 6 heteroatoms. The molecule has 0 saturated heterocycles. The van der Waals surface area contributed by atoms with Gasteiger partial charge in [0.1, 0.15) is 11.6 Å². The van der Waals surface area contributed by atoms with Gasteiger partial charge in [-0.05, 0) is 48.0 Å². The molecule has 0 unspecified atom stereocenters. The summed E-state index contributed by atoms with van der Waals surface area (Å²) < 4.78 is 18.4. The molecule has 0 fully saturated rings. The molecule has 0 saturated carbocycles. The summed E-state index contributed by atoms with van der Waals surface area (Å²) in [5, 5.41) is 0.681. The second-order valence-electron chi connectivity index (χ2n) is 6.19. The summed E-state index contributed by atoms with van der Waals surface area (Å²) in [5.74, 6) is 3.20.